The minimum Gasteiger partial charge on any atom is -0.496 e. The van der Waals surface area contributed by atoms with Crippen LogP contribution in [-0.2, 0) is 13.0 Å². The maximum atomic E-state index is 6.23. The summed E-state index contributed by atoms with van der Waals surface area (Å²) in [5.74, 6) is 2.42. The van der Waals surface area contributed by atoms with Gasteiger partial charge in [-0.05, 0) is 30.2 Å². The molecule has 0 spiro atoms. The molecule has 0 atom stereocenters. The van der Waals surface area contributed by atoms with Gasteiger partial charge in [0.25, 0.3) is 0 Å². The van der Waals surface area contributed by atoms with Crippen molar-refractivity contribution in [2.24, 2.45) is 0 Å². The van der Waals surface area contributed by atoms with E-state index >= 15 is 0 Å². The van der Waals surface area contributed by atoms with Gasteiger partial charge in [0.1, 0.15) is 5.75 Å². The zero-order chi connectivity index (χ0) is 18.4. The molecule has 0 N–H and O–H groups in total. The predicted octanol–water partition coefficient (Wildman–Crippen LogP) is 5.13. The van der Waals surface area contributed by atoms with Crippen LogP contribution in [0.1, 0.15) is 5.56 Å². The normalized spacial score (nSPS) is 10.7. The molecule has 0 aliphatic carbocycles. The fourth-order valence-electron chi connectivity index (χ4n) is 2.67. The number of aryl methyl sites for hydroxylation is 1. The van der Waals surface area contributed by atoms with E-state index in [9.17, 15) is 0 Å². The van der Waals surface area contributed by atoms with Crippen LogP contribution >= 0.6 is 23.4 Å². The Morgan fingerprint density at radius 1 is 1.15 bits per heavy atom. The summed E-state index contributed by atoms with van der Waals surface area (Å²) < 4.78 is 7.52. The molecule has 0 unspecified atom stereocenters. The fourth-order valence-corrected chi connectivity index (χ4v) is 3.82. The van der Waals surface area contributed by atoms with Gasteiger partial charge in [-0.2, -0.15) is 0 Å². The van der Waals surface area contributed by atoms with Crippen molar-refractivity contribution >= 4 is 23.4 Å². The number of thioether (sulfide) groups is 1. The van der Waals surface area contributed by atoms with Gasteiger partial charge in [-0.3, -0.25) is 4.57 Å². The smallest absolute Gasteiger partial charge is 0.191 e. The van der Waals surface area contributed by atoms with Gasteiger partial charge in [-0.25, -0.2) is 0 Å². The van der Waals surface area contributed by atoms with E-state index in [1.807, 2.05) is 48.5 Å². The van der Waals surface area contributed by atoms with Crippen LogP contribution in [0.15, 0.2) is 66.3 Å². The van der Waals surface area contributed by atoms with Crippen LogP contribution in [0, 0.1) is 0 Å². The summed E-state index contributed by atoms with van der Waals surface area (Å²) in [5, 5.41) is 10.4. The summed E-state index contributed by atoms with van der Waals surface area (Å²) in [7, 11) is 1.66. The minimum atomic E-state index is 0.634. The number of rotatable bonds is 8. The first-order chi connectivity index (χ1) is 12.7. The SMILES string of the molecule is C=CCn1c(SCCc2ccccc2Cl)nnc1-c1ccccc1OC. The molecule has 1 aromatic heterocycles. The van der Waals surface area contributed by atoms with Crippen molar-refractivity contribution in [2.75, 3.05) is 12.9 Å². The molecule has 3 rings (SSSR count). The number of hydrogen-bond donors (Lipinski definition) is 0. The number of nitrogens with zero attached hydrogens (tertiary/aromatic N) is 3. The van der Waals surface area contributed by atoms with Crippen molar-refractivity contribution in [3.63, 3.8) is 0 Å². The summed E-state index contributed by atoms with van der Waals surface area (Å²) in [6.45, 7) is 4.49. The van der Waals surface area contributed by atoms with E-state index in [1.54, 1.807) is 18.9 Å². The highest BCUT2D eigenvalue weighted by atomic mass is 35.5. The van der Waals surface area contributed by atoms with Gasteiger partial charge in [-0.1, -0.05) is 59.8 Å². The maximum absolute atomic E-state index is 6.23. The van der Waals surface area contributed by atoms with E-state index in [4.69, 9.17) is 16.3 Å². The Balaban J connectivity index is 1.81. The number of aromatic nitrogens is 3. The number of ether oxygens (including phenoxy) is 1. The van der Waals surface area contributed by atoms with Crippen molar-refractivity contribution in [3.05, 3.63) is 71.8 Å². The van der Waals surface area contributed by atoms with Crippen LogP contribution in [0.25, 0.3) is 11.4 Å². The highest BCUT2D eigenvalue weighted by molar-refractivity contribution is 7.99. The third-order valence-electron chi connectivity index (χ3n) is 3.94. The zero-order valence-electron chi connectivity index (χ0n) is 14.6. The van der Waals surface area contributed by atoms with Crippen LogP contribution in [0.4, 0.5) is 0 Å². The molecule has 0 saturated heterocycles. The lowest BCUT2D eigenvalue weighted by Crippen LogP contribution is -2.02. The summed E-state index contributed by atoms with van der Waals surface area (Å²) in [6, 6.07) is 15.7. The van der Waals surface area contributed by atoms with Crippen molar-refractivity contribution in [2.45, 2.75) is 18.1 Å². The number of para-hydroxylation sites is 1. The second-order valence-electron chi connectivity index (χ2n) is 5.60. The Hall–Kier alpha value is -2.24. The van der Waals surface area contributed by atoms with Crippen LogP contribution in [0.2, 0.25) is 5.02 Å². The lowest BCUT2D eigenvalue weighted by Gasteiger charge is -2.10. The molecule has 0 aliphatic heterocycles. The third-order valence-corrected chi connectivity index (χ3v) is 5.27. The second-order valence-corrected chi connectivity index (χ2v) is 7.06. The topological polar surface area (TPSA) is 39.9 Å². The van der Waals surface area contributed by atoms with Crippen molar-refractivity contribution in [1.82, 2.24) is 14.8 Å². The van der Waals surface area contributed by atoms with Gasteiger partial charge >= 0.3 is 0 Å². The van der Waals surface area contributed by atoms with E-state index in [0.717, 1.165) is 45.1 Å². The second kappa shape index (κ2) is 8.92. The first kappa shape index (κ1) is 18.5. The van der Waals surface area contributed by atoms with Gasteiger partial charge in [0.2, 0.25) is 0 Å². The van der Waals surface area contributed by atoms with Crippen LogP contribution in [0.5, 0.6) is 5.75 Å². The van der Waals surface area contributed by atoms with E-state index < -0.39 is 0 Å². The molecule has 0 amide bonds. The average molecular weight is 386 g/mol. The Kier molecular flexibility index (Phi) is 6.36. The Morgan fingerprint density at radius 2 is 1.92 bits per heavy atom. The molecular weight excluding hydrogens is 366 g/mol. The van der Waals surface area contributed by atoms with E-state index in [-0.39, 0.29) is 0 Å². The standard InChI is InChI=1S/C20H20ClN3OS/c1-3-13-24-19(16-9-5-7-11-18(16)25-2)22-23-20(24)26-14-12-15-8-4-6-10-17(15)21/h3-11H,1,12-14H2,2H3. The van der Waals surface area contributed by atoms with Crippen LogP contribution < -0.4 is 4.74 Å². The average Bonchev–Trinajstić information content (AvgIpc) is 3.06. The van der Waals surface area contributed by atoms with E-state index in [2.05, 4.69) is 27.4 Å². The molecule has 0 bridgehead atoms. The number of methoxy groups -OCH3 is 1. The lowest BCUT2D eigenvalue weighted by atomic mass is 10.2. The van der Waals surface area contributed by atoms with Crippen molar-refractivity contribution < 1.29 is 4.74 Å². The van der Waals surface area contributed by atoms with Gasteiger partial charge in [-0.15, -0.1) is 16.8 Å². The molecule has 0 saturated carbocycles. The molecule has 0 radical (unpaired) electrons. The summed E-state index contributed by atoms with van der Waals surface area (Å²) in [6.07, 6.45) is 2.72. The summed E-state index contributed by atoms with van der Waals surface area (Å²) >= 11 is 7.90. The quantitative estimate of drug-likeness (QED) is 0.398. The molecule has 4 nitrogen and oxygen atoms in total. The molecule has 134 valence electrons. The van der Waals surface area contributed by atoms with E-state index in [1.165, 1.54) is 0 Å². The Labute approximate surface area is 162 Å². The monoisotopic (exact) mass is 385 g/mol. The number of hydrogen-bond acceptors (Lipinski definition) is 4. The first-order valence-electron chi connectivity index (χ1n) is 8.28. The molecule has 6 heteroatoms. The predicted molar refractivity (Wildman–Crippen MR) is 108 cm³/mol. The highest BCUT2D eigenvalue weighted by Gasteiger charge is 2.16. The fraction of sp³-hybridized carbons (Fsp3) is 0.200. The summed E-state index contributed by atoms with van der Waals surface area (Å²) in [5.41, 5.74) is 2.06. The van der Waals surface area contributed by atoms with Crippen LogP contribution in [0.3, 0.4) is 0 Å². The van der Waals surface area contributed by atoms with E-state index in [0.29, 0.717) is 6.54 Å². The molecule has 26 heavy (non-hydrogen) atoms. The molecule has 2 aromatic carbocycles. The molecule has 0 fully saturated rings. The van der Waals surface area contributed by atoms with Gasteiger partial charge < -0.3 is 4.74 Å². The van der Waals surface area contributed by atoms with Gasteiger partial charge in [0.15, 0.2) is 11.0 Å². The number of allylic oxidation sites excluding steroid dienone is 1. The molecule has 3 aromatic rings. The largest absolute Gasteiger partial charge is 0.496 e. The van der Waals surface area contributed by atoms with Crippen LogP contribution in [-0.4, -0.2) is 27.6 Å². The third kappa shape index (κ3) is 4.11. The Morgan fingerprint density at radius 3 is 2.69 bits per heavy atom. The zero-order valence-corrected chi connectivity index (χ0v) is 16.1. The molecular formula is C20H20ClN3OS. The van der Waals surface area contributed by atoms with Crippen molar-refractivity contribution in [3.8, 4) is 17.1 Å². The minimum absolute atomic E-state index is 0.634. The van der Waals surface area contributed by atoms with Gasteiger partial charge in [0.05, 0.1) is 12.7 Å². The molecule has 1 heterocycles. The van der Waals surface area contributed by atoms with Gasteiger partial charge in [0, 0.05) is 17.3 Å². The maximum Gasteiger partial charge on any atom is 0.191 e. The van der Waals surface area contributed by atoms with Crippen molar-refractivity contribution in [1.29, 1.82) is 0 Å². The molecule has 0 aliphatic rings. The number of halogens is 1. The Bertz CT molecular complexity index is 894. The lowest BCUT2D eigenvalue weighted by molar-refractivity contribution is 0.416. The first-order valence-corrected chi connectivity index (χ1v) is 9.64. The number of benzene rings is 2. The highest BCUT2D eigenvalue weighted by Crippen LogP contribution is 2.31. The summed E-state index contributed by atoms with van der Waals surface area (Å²) in [4.78, 5) is 0.